The van der Waals surface area contributed by atoms with Gasteiger partial charge in [-0.2, -0.15) is 0 Å². The number of aromatic nitrogens is 1. The van der Waals surface area contributed by atoms with Crippen LogP contribution in [0.25, 0.3) is 0 Å². The number of likely N-dealkylation sites (N-methyl/N-ethyl adjacent to an activating group) is 1. The molecule has 0 saturated carbocycles. The standard InChI is InChI=1S/C13H20N2O2/c1-10-6-11(9-16)7-14-13(10)15(2)8-12-4-3-5-17-12/h6-7,12,16H,3-5,8-9H2,1-2H3. The second kappa shape index (κ2) is 5.47. The molecule has 0 aliphatic carbocycles. The Morgan fingerprint density at radius 1 is 1.59 bits per heavy atom. The first-order chi connectivity index (χ1) is 8.20. The van der Waals surface area contributed by atoms with Gasteiger partial charge >= 0.3 is 0 Å². The first-order valence-corrected chi connectivity index (χ1v) is 6.10. The molecule has 1 saturated heterocycles. The molecule has 0 bridgehead atoms. The van der Waals surface area contributed by atoms with E-state index in [4.69, 9.17) is 9.84 Å². The largest absolute Gasteiger partial charge is 0.392 e. The number of aliphatic hydroxyl groups excluding tert-OH is 1. The summed E-state index contributed by atoms with van der Waals surface area (Å²) in [7, 11) is 2.04. The summed E-state index contributed by atoms with van der Waals surface area (Å²) in [4.78, 5) is 6.53. The average molecular weight is 236 g/mol. The van der Waals surface area contributed by atoms with Gasteiger partial charge < -0.3 is 14.7 Å². The highest BCUT2D eigenvalue weighted by Gasteiger charge is 2.18. The van der Waals surface area contributed by atoms with Crippen LogP contribution in [0.15, 0.2) is 12.3 Å². The van der Waals surface area contributed by atoms with Gasteiger partial charge in [0.15, 0.2) is 0 Å². The predicted molar refractivity (Wildman–Crippen MR) is 67.1 cm³/mol. The Morgan fingerprint density at radius 2 is 2.41 bits per heavy atom. The molecule has 0 radical (unpaired) electrons. The summed E-state index contributed by atoms with van der Waals surface area (Å²) in [6, 6.07) is 1.98. The Kier molecular flexibility index (Phi) is 3.97. The quantitative estimate of drug-likeness (QED) is 0.860. The van der Waals surface area contributed by atoms with Crippen molar-refractivity contribution in [2.45, 2.75) is 32.5 Å². The number of aryl methyl sites for hydroxylation is 1. The maximum atomic E-state index is 9.05. The smallest absolute Gasteiger partial charge is 0.131 e. The van der Waals surface area contributed by atoms with E-state index in [-0.39, 0.29) is 6.61 Å². The van der Waals surface area contributed by atoms with Gasteiger partial charge in [-0.3, -0.25) is 0 Å². The maximum Gasteiger partial charge on any atom is 0.131 e. The van der Waals surface area contributed by atoms with Gasteiger partial charge in [-0.1, -0.05) is 0 Å². The fourth-order valence-electron chi connectivity index (χ4n) is 2.29. The van der Waals surface area contributed by atoms with Crippen LogP contribution in [0.1, 0.15) is 24.0 Å². The number of aliphatic hydroxyl groups is 1. The molecule has 1 aliphatic heterocycles. The predicted octanol–water partition coefficient (Wildman–Crippen LogP) is 1.50. The molecule has 94 valence electrons. The zero-order valence-corrected chi connectivity index (χ0v) is 10.5. The summed E-state index contributed by atoms with van der Waals surface area (Å²) in [6.45, 7) is 3.83. The Bertz CT molecular complexity index is 376. The van der Waals surface area contributed by atoms with E-state index in [0.29, 0.717) is 6.10 Å². The minimum atomic E-state index is 0.0452. The number of ether oxygens (including phenoxy) is 1. The summed E-state index contributed by atoms with van der Waals surface area (Å²) >= 11 is 0. The highest BCUT2D eigenvalue weighted by Crippen LogP contribution is 2.20. The molecule has 1 fully saturated rings. The lowest BCUT2D eigenvalue weighted by Gasteiger charge is -2.23. The third-order valence-electron chi connectivity index (χ3n) is 3.15. The molecule has 4 heteroatoms. The monoisotopic (exact) mass is 236 g/mol. The number of hydrogen-bond acceptors (Lipinski definition) is 4. The fourth-order valence-corrected chi connectivity index (χ4v) is 2.29. The molecular weight excluding hydrogens is 216 g/mol. The summed E-state index contributed by atoms with van der Waals surface area (Å²) < 4.78 is 5.62. The molecule has 17 heavy (non-hydrogen) atoms. The van der Waals surface area contributed by atoms with Gasteiger partial charge in [0.05, 0.1) is 12.7 Å². The first kappa shape index (κ1) is 12.3. The van der Waals surface area contributed by atoms with E-state index in [9.17, 15) is 0 Å². The SMILES string of the molecule is Cc1cc(CO)cnc1N(C)CC1CCCO1. The van der Waals surface area contributed by atoms with E-state index < -0.39 is 0 Å². The highest BCUT2D eigenvalue weighted by molar-refractivity contribution is 5.46. The summed E-state index contributed by atoms with van der Waals surface area (Å²) in [5.74, 6) is 0.970. The topological polar surface area (TPSA) is 45.6 Å². The Hall–Kier alpha value is -1.13. The van der Waals surface area contributed by atoms with Crippen LogP contribution in [0.5, 0.6) is 0 Å². The molecule has 0 amide bonds. The van der Waals surface area contributed by atoms with Gasteiger partial charge in [0.1, 0.15) is 5.82 Å². The van der Waals surface area contributed by atoms with E-state index in [1.807, 2.05) is 20.0 Å². The molecule has 1 unspecified atom stereocenters. The van der Waals surface area contributed by atoms with E-state index >= 15 is 0 Å². The van der Waals surface area contributed by atoms with Crippen LogP contribution >= 0.6 is 0 Å². The number of hydrogen-bond donors (Lipinski definition) is 1. The van der Waals surface area contributed by atoms with Crippen molar-refractivity contribution in [2.75, 3.05) is 25.1 Å². The van der Waals surface area contributed by atoms with Crippen molar-refractivity contribution in [1.29, 1.82) is 0 Å². The Morgan fingerprint density at radius 3 is 3.00 bits per heavy atom. The maximum absolute atomic E-state index is 9.05. The van der Waals surface area contributed by atoms with Crippen LogP contribution in [-0.2, 0) is 11.3 Å². The van der Waals surface area contributed by atoms with Crippen molar-refractivity contribution in [3.05, 3.63) is 23.4 Å². The van der Waals surface area contributed by atoms with Crippen molar-refractivity contribution in [3.8, 4) is 0 Å². The second-order valence-corrected chi connectivity index (χ2v) is 4.66. The minimum absolute atomic E-state index is 0.0452. The fraction of sp³-hybridized carbons (Fsp3) is 0.615. The Balaban J connectivity index is 2.04. The number of anilines is 1. The molecule has 4 nitrogen and oxygen atoms in total. The summed E-state index contributed by atoms with van der Waals surface area (Å²) in [5, 5.41) is 9.05. The zero-order chi connectivity index (χ0) is 12.3. The van der Waals surface area contributed by atoms with Crippen molar-refractivity contribution in [2.24, 2.45) is 0 Å². The molecule has 1 aromatic rings. The van der Waals surface area contributed by atoms with Crippen molar-refractivity contribution in [1.82, 2.24) is 4.98 Å². The van der Waals surface area contributed by atoms with Crippen LogP contribution < -0.4 is 4.90 Å². The number of pyridine rings is 1. The van der Waals surface area contributed by atoms with Gasteiger partial charge in [-0.15, -0.1) is 0 Å². The lowest BCUT2D eigenvalue weighted by Crippen LogP contribution is -2.29. The van der Waals surface area contributed by atoms with Crippen LogP contribution in [0, 0.1) is 6.92 Å². The van der Waals surface area contributed by atoms with Crippen LogP contribution in [0.4, 0.5) is 5.82 Å². The third-order valence-corrected chi connectivity index (χ3v) is 3.15. The lowest BCUT2D eigenvalue weighted by molar-refractivity contribution is 0.116. The molecule has 2 heterocycles. The number of nitrogens with zero attached hydrogens (tertiary/aromatic N) is 2. The molecule has 1 atom stereocenters. The summed E-state index contributed by atoms with van der Waals surface area (Å²) in [6.07, 6.45) is 4.36. The van der Waals surface area contributed by atoms with Gasteiger partial charge in [0.2, 0.25) is 0 Å². The lowest BCUT2D eigenvalue weighted by atomic mass is 10.2. The van der Waals surface area contributed by atoms with Crippen LogP contribution in [0.2, 0.25) is 0 Å². The van der Waals surface area contributed by atoms with Crippen molar-refractivity contribution < 1.29 is 9.84 Å². The van der Waals surface area contributed by atoms with Gasteiger partial charge in [0.25, 0.3) is 0 Å². The molecular formula is C13H20N2O2. The first-order valence-electron chi connectivity index (χ1n) is 6.10. The van der Waals surface area contributed by atoms with E-state index in [1.54, 1.807) is 6.20 Å². The second-order valence-electron chi connectivity index (χ2n) is 4.66. The van der Waals surface area contributed by atoms with Gasteiger partial charge in [-0.05, 0) is 37.0 Å². The Labute approximate surface area is 102 Å². The van der Waals surface area contributed by atoms with E-state index in [0.717, 1.165) is 42.9 Å². The number of rotatable bonds is 4. The molecule has 0 spiro atoms. The minimum Gasteiger partial charge on any atom is -0.392 e. The molecule has 1 N–H and O–H groups in total. The van der Waals surface area contributed by atoms with Crippen molar-refractivity contribution >= 4 is 5.82 Å². The molecule has 0 aromatic carbocycles. The normalized spacial score (nSPS) is 19.6. The third kappa shape index (κ3) is 2.96. The molecule has 1 aliphatic rings. The molecule has 2 rings (SSSR count). The van der Waals surface area contributed by atoms with Crippen LogP contribution in [0.3, 0.4) is 0 Å². The summed E-state index contributed by atoms with van der Waals surface area (Å²) in [5.41, 5.74) is 1.95. The van der Waals surface area contributed by atoms with Crippen molar-refractivity contribution in [3.63, 3.8) is 0 Å². The molecule has 1 aromatic heterocycles. The van der Waals surface area contributed by atoms with Crippen LogP contribution in [-0.4, -0.2) is 36.4 Å². The van der Waals surface area contributed by atoms with Gasteiger partial charge in [0, 0.05) is 26.4 Å². The average Bonchev–Trinajstić information content (AvgIpc) is 2.81. The van der Waals surface area contributed by atoms with Gasteiger partial charge in [-0.25, -0.2) is 4.98 Å². The van der Waals surface area contributed by atoms with E-state index in [1.165, 1.54) is 0 Å². The highest BCUT2D eigenvalue weighted by atomic mass is 16.5. The van der Waals surface area contributed by atoms with E-state index in [2.05, 4.69) is 9.88 Å². The zero-order valence-electron chi connectivity index (χ0n) is 10.5.